The molecule has 0 aromatic carbocycles. The number of thioether (sulfide) groups is 1. The SMILES string of the molecule is CC1CN(C(=O)N2C[C@@H](O)C[C@H]2C(=O)O)CCS1. The van der Waals surface area contributed by atoms with Gasteiger partial charge in [0.05, 0.1) is 6.10 Å². The number of carbonyl (C=O) groups excluding carboxylic acids is 1. The van der Waals surface area contributed by atoms with Gasteiger partial charge in [-0.2, -0.15) is 11.8 Å². The van der Waals surface area contributed by atoms with Gasteiger partial charge in [-0.25, -0.2) is 9.59 Å². The van der Waals surface area contributed by atoms with Gasteiger partial charge >= 0.3 is 12.0 Å². The van der Waals surface area contributed by atoms with E-state index in [0.29, 0.717) is 18.3 Å². The van der Waals surface area contributed by atoms with Crippen molar-refractivity contribution in [3.8, 4) is 0 Å². The normalized spacial score (nSPS) is 32.7. The third-order valence-electron chi connectivity index (χ3n) is 3.32. The highest BCUT2D eigenvalue weighted by Gasteiger charge is 2.41. The number of likely N-dealkylation sites (tertiary alicyclic amines) is 1. The minimum atomic E-state index is -1.04. The molecule has 2 rings (SSSR count). The van der Waals surface area contributed by atoms with Crippen molar-refractivity contribution >= 4 is 23.8 Å². The lowest BCUT2D eigenvalue weighted by Gasteiger charge is -2.34. The van der Waals surface area contributed by atoms with Crippen molar-refractivity contribution in [2.75, 3.05) is 25.4 Å². The molecule has 2 N–H and O–H groups in total. The van der Waals surface area contributed by atoms with Crippen molar-refractivity contribution in [1.82, 2.24) is 9.80 Å². The fourth-order valence-electron chi connectivity index (χ4n) is 2.43. The van der Waals surface area contributed by atoms with Gasteiger partial charge in [0, 0.05) is 37.1 Å². The van der Waals surface area contributed by atoms with Crippen LogP contribution in [0, 0.1) is 0 Å². The molecule has 0 radical (unpaired) electrons. The Morgan fingerprint density at radius 2 is 2.06 bits per heavy atom. The molecule has 3 atom stereocenters. The van der Waals surface area contributed by atoms with Crippen LogP contribution in [0.2, 0.25) is 0 Å². The average Bonchev–Trinajstić information content (AvgIpc) is 2.70. The monoisotopic (exact) mass is 274 g/mol. The van der Waals surface area contributed by atoms with Crippen LogP contribution in [0.25, 0.3) is 0 Å². The van der Waals surface area contributed by atoms with Crippen LogP contribution < -0.4 is 0 Å². The Kier molecular flexibility index (Phi) is 4.01. The number of nitrogens with zero attached hydrogens (tertiary/aromatic N) is 2. The summed E-state index contributed by atoms with van der Waals surface area (Å²) in [5, 5.41) is 19.0. The van der Waals surface area contributed by atoms with E-state index >= 15 is 0 Å². The van der Waals surface area contributed by atoms with E-state index in [1.165, 1.54) is 4.90 Å². The molecule has 0 aromatic heterocycles. The maximum absolute atomic E-state index is 12.3. The maximum atomic E-state index is 12.3. The first-order valence-corrected chi connectivity index (χ1v) is 7.12. The zero-order valence-electron chi connectivity index (χ0n) is 10.3. The lowest BCUT2D eigenvalue weighted by molar-refractivity contribution is -0.141. The fourth-order valence-corrected chi connectivity index (χ4v) is 3.45. The molecule has 1 unspecified atom stereocenters. The van der Waals surface area contributed by atoms with Crippen LogP contribution in [0.5, 0.6) is 0 Å². The lowest BCUT2D eigenvalue weighted by Crippen LogP contribution is -2.51. The number of amides is 2. The Hall–Kier alpha value is -0.950. The molecule has 0 saturated carbocycles. The number of β-amino-alcohol motifs (C(OH)–C–C–N with tert-alkyl or cyclic N) is 1. The average molecular weight is 274 g/mol. The van der Waals surface area contributed by atoms with Crippen LogP contribution in [-0.4, -0.2) is 74.8 Å². The van der Waals surface area contributed by atoms with E-state index in [0.717, 1.165) is 5.75 Å². The van der Waals surface area contributed by atoms with Crippen LogP contribution in [0.3, 0.4) is 0 Å². The van der Waals surface area contributed by atoms with E-state index in [2.05, 4.69) is 6.92 Å². The van der Waals surface area contributed by atoms with Crippen LogP contribution in [0.15, 0.2) is 0 Å². The van der Waals surface area contributed by atoms with Crippen LogP contribution in [0.1, 0.15) is 13.3 Å². The second-order valence-corrected chi connectivity index (χ2v) is 6.35. The summed E-state index contributed by atoms with van der Waals surface area (Å²) in [5.41, 5.74) is 0. The first-order chi connectivity index (χ1) is 8.49. The highest BCUT2D eigenvalue weighted by atomic mass is 32.2. The summed E-state index contributed by atoms with van der Waals surface area (Å²) >= 11 is 1.81. The minimum absolute atomic E-state index is 0.119. The number of carbonyl (C=O) groups is 2. The van der Waals surface area contributed by atoms with Gasteiger partial charge in [0.1, 0.15) is 6.04 Å². The van der Waals surface area contributed by atoms with E-state index < -0.39 is 18.1 Å². The number of hydrogen-bond acceptors (Lipinski definition) is 4. The van der Waals surface area contributed by atoms with Crippen molar-refractivity contribution in [3.63, 3.8) is 0 Å². The summed E-state index contributed by atoms with van der Waals surface area (Å²) in [6.45, 7) is 3.46. The third-order valence-corrected chi connectivity index (χ3v) is 4.46. The first kappa shape index (κ1) is 13.5. The second kappa shape index (κ2) is 5.36. The Morgan fingerprint density at radius 3 is 2.67 bits per heavy atom. The summed E-state index contributed by atoms with van der Waals surface area (Å²) in [7, 11) is 0. The van der Waals surface area contributed by atoms with E-state index in [4.69, 9.17) is 5.11 Å². The molecule has 18 heavy (non-hydrogen) atoms. The molecular formula is C11H18N2O4S. The fraction of sp³-hybridized carbons (Fsp3) is 0.818. The number of aliphatic hydroxyl groups excluding tert-OH is 1. The van der Waals surface area contributed by atoms with Gasteiger partial charge in [0.15, 0.2) is 0 Å². The quantitative estimate of drug-likeness (QED) is 0.707. The van der Waals surface area contributed by atoms with Crippen molar-refractivity contribution in [2.24, 2.45) is 0 Å². The molecule has 2 heterocycles. The van der Waals surface area contributed by atoms with E-state index in [9.17, 15) is 14.7 Å². The Balaban J connectivity index is 2.05. The topological polar surface area (TPSA) is 81.1 Å². The molecule has 0 spiro atoms. The zero-order valence-corrected chi connectivity index (χ0v) is 11.1. The summed E-state index contributed by atoms with van der Waals surface area (Å²) < 4.78 is 0. The smallest absolute Gasteiger partial charge is 0.326 e. The third kappa shape index (κ3) is 2.72. The molecule has 7 heteroatoms. The Labute approximate surface area is 110 Å². The predicted molar refractivity (Wildman–Crippen MR) is 67.6 cm³/mol. The second-order valence-electron chi connectivity index (χ2n) is 4.81. The predicted octanol–water partition coefficient (Wildman–Crippen LogP) is 0.0635. The molecule has 6 nitrogen and oxygen atoms in total. The molecule has 0 bridgehead atoms. The molecule has 2 saturated heterocycles. The summed E-state index contributed by atoms with van der Waals surface area (Å²) in [6, 6.07) is -1.15. The molecule has 2 amide bonds. The summed E-state index contributed by atoms with van der Waals surface area (Å²) in [5.74, 6) is -0.166. The van der Waals surface area contributed by atoms with Gasteiger partial charge in [-0.05, 0) is 0 Å². The Bertz CT molecular complexity index is 352. The van der Waals surface area contributed by atoms with Crippen molar-refractivity contribution < 1.29 is 19.8 Å². The van der Waals surface area contributed by atoms with Gasteiger partial charge in [-0.15, -0.1) is 0 Å². The molecule has 0 aromatic rings. The van der Waals surface area contributed by atoms with E-state index in [1.807, 2.05) is 11.8 Å². The summed E-state index contributed by atoms with van der Waals surface area (Å²) in [4.78, 5) is 26.3. The van der Waals surface area contributed by atoms with Crippen LogP contribution in [-0.2, 0) is 4.79 Å². The number of rotatable bonds is 1. The van der Waals surface area contributed by atoms with E-state index in [-0.39, 0.29) is 19.0 Å². The van der Waals surface area contributed by atoms with Crippen molar-refractivity contribution in [3.05, 3.63) is 0 Å². The molecular weight excluding hydrogens is 256 g/mol. The zero-order chi connectivity index (χ0) is 13.3. The molecule has 102 valence electrons. The van der Waals surface area contributed by atoms with E-state index in [1.54, 1.807) is 4.90 Å². The van der Waals surface area contributed by atoms with Crippen LogP contribution >= 0.6 is 11.8 Å². The first-order valence-electron chi connectivity index (χ1n) is 6.07. The van der Waals surface area contributed by atoms with Gasteiger partial charge in [0.2, 0.25) is 0 Å². The van der Waals surface area contributed by atoms with Crippen LogP contribution in [0.4, 0.5) is 4.79 Å². The number of urea groups is 1. The lowest BCUT2D eigenvalue weighted by atomic mass is 10.2. The molecule has 2 aliphatic rings. The van der Waals surface area contributed by atoms with Gasteiger partial charge in [0.25, 0.3) is 0 Å². The summed E-state index contributed by atoms with van der Waals surface area (Å²) in [6.07, 6.45) is -0.606. The van der Waals surface area contributed by atoms with Gasteiger partial charge in [-0.3, -0.25) is 0 Å². The minimum Gasteiger partial charge on any atom is -0.480 e. The number of carboxylic acid groups (broad SMARTS) is 1. The van der Waals surface area contributed by atoms with Crippen molar-refractivity contribution in [2.45, 2.75) is 30.7 Å². The number of aliphatic hydroxyl groups is 1. The van der Waals surface area contributed by atoms with Gasteiger partial charge in [-0.1, -0.05) is 6.92 Å². The van der Waals surface area contributed by atoms with Crippen molar-refractivity contribution in [1.29, 1.82) is 0 Å². The standard InChI is InChI=1S/C11H18N2O4S/c1-7-5-12(2-3-18-7)11(17)13-6-8(14)4-9(13)10(15)16/h7-9,14H,2-6H2,1H3,(H,15,16)/t7?,8-,9-/m0/s1. The molecule has 2 aliphatic heterocycles. The highest BCUT2D eigenvalue weighted by Crippen LogP contribution is 2.23. The number of aliphatic carboxylic acids is 1. The maximum Gasteiger partial charge on any atom is 0.326 e. The molecule has 2 fully saturated rings. The highest BCUT2D eigenvalue weighted by molar-refractivity contribution is 7.99. The number of carboxylic acids is 1. The van der Waals surface area contributed by atoms with Gasteiger partial charge < -0.3 is 20.0 Å². The largest absolute Gasteiger partial charge is 0.480 e. The Morgan fingerprint density at radius 1 is 1.33 bits per heavy atom. The number of hydrogen-bond donors (Lipinski definition) is 2. The molecule has 0 aliphatic carbocycles.